The van der Waals surface area contributed by atoms with Gasteiger partial charge in [-0.25, -0.2) is 0 Å². The van der Waals surface area contributed by atoms with E-state index in [-0.39, 0.29) is 22.3 Å². The lowest BCUT2D eigenvalue weighted by Crippen LogP contribution is -2.34. The number of anilines is 1. The fourth-order valence-corrected chi connectivity index (χ4v) is 2.92. The molecule has 3 rings (SSSR count). The molecule has 7 nitrogen and oxygen atoms in total. The van der Waals surface area contributed by atoms with Crippen LogP contribution >= 0.6 is 12.2 Å². The number of aryl methyl sites for hydroxylation is 1. The zero-order valence-corrected chi connectivity index (χ0v) is 15.8. The summed E-state index contributed by atoms with van der Waals surface area (Å²) in [6.07, 6.45) is 0.817. The molecule has 8 heteroatoms. The van der Waals surface area contributed by atoms with Crippen molar-refractivity contribution in [2.75, 3.05) is 5.32 Å². The zero-order chi connectivity index (χ0) is 20.1. The van der Waals surface area contributed by atoms with Crippen molar-refractivity contribution >= 4 is 34.6 Å². The van der Waals surface area contributed by atoms with Gasteiger partial charge in [0.2, 0.25) is 0 Å². The largest absolute Gasteiger partial charge is 0.451 e. The van der Waals surface area contributed by atoms with E-state index in [4.69, 9.17) is 16.6 Å². The third-order valence-electron chi connectivity index (χ3n) is 4.07. The molecule has 0 fully saturated rings. The zero-order valence-electron chi connectivity index (χ0n) is 15.0. The van der Waals surface area contributed by atoms with Crippen molar-refractivity contribution in [3.8, 4) is 11.3 Å². The van der Waals surface area contributed by atoms with Crippen molar-refractivity contribution in [2.45, 2.75) is 13.3 Å². The number of para-hydroxylation sites is 2. The number of furan rings is 1. The second kappa shape index (κ2) is 8.45. The minimum absolute atomic E-state index is 0.000998. The lowest BCUT2D eigenvalue weighted by Gasteiger charge is -2.11. The summed E-state index contributed by atoms with van der Waals surface area (Å²) in [7, 11) is 0. The second-order valence-corrected chi connectivity index (χ2v) is 6.27. The maximum atomic E-state index is 12.4. The molecule has 2 N–H and O–H groups in total. The summed E-state index contributed by atoms with van der Waals surface area (Å²) < 4.78 is 5.51. The Balaban J connectivity index is 1.73. The molecule has 1 heterocycles. The number of amides is 1. The summed E-state index contributed by atoms with van der Waals surface area (Å²) in [5, 5.41) is 16.8. The number of nitro groups is 1. The fraction of sp³-hybridized carbons (Fsp3) is 0.100. The van der Waals surface area contributed by atoms with Gasteiger partial charge in [0.05, 0.1) is 10.5 Å². The average molecular weight is 395 g/mol. The van der Waals surface area contributed by atoms with Crippen LogP contribution in [0.2, 0.25) is 0 Å². The molecule has 3 aromatic rings. The quantitative estimate of drug-likeness (QED) is 0.374. The Morgan fingerprint density at radius 3 is 2.57 bits per heavy atom. The Morgan fingerprint density at radius 1 is 1.11 bits per heavy atom. The Kier molecular flexibility index (Phi) is 5.81. The first kappa shape index (κ1) is 19.2. The lowest BCUT2D eigenvalue weighted by molar-refractivity contribution is -0.384. The molecule has 0 aliphatic rings. The van der Waals surface area contributed by atoms with E-state index < -0.39 is 10.8 Å². The van der Waals surface area contributed by atoms with Gasteiger partial charge in [-0.2, -0.15) is 0 Å². The second-order valence-electron chi connectivity index (χ2n) is 5.86. The predicted molar refractivity (Wildman–Crippen MR) is 110 cm³/mol. The topological polar surface area (TPSA) is 97.4 Å². The highest BCUT2D eigenvalue weighted by molar-refractivity contribution is 7.80. The van der Waals surface area contributed by atoms with Gasteiger partial charge in [0.25, 0.3) is 11.6 Å². The smallest absolute Gasteiger partial charge is 0.293 e. The van der Waals surface area contributed by atoms with Crippen molar-refractivity contribution in [1.29, 1.82) is 0 Å². The first-order valence-corrected chi connectivity index (χ1v) is 8.94. The van der Waals surface area contributed by atoms with E-state index in [2.05, 4.69) is 10.6 Å². The van der Waals surface area contributed by atoms with Crippen molar-refractivity contribution < 1.29 is 14.1 Å². The van der Waals surface area contributed by atoms with E-state index in [1.165, 1.54) is 18.2 Å². The SMILES string of the molecule is CCc1ccccc1NC(=S)NC(=O)c1ccc(-c2ccccc2[N+](=O)[O-])o1. The summed E-state index contributed by atoms with van der Waals surface area (Å²) in [6.45, 7) is 2.02. The number of hydrogen-bond donors (Lipinski definition) is 2. The lowest BCUT2D eigenvalue weighted by atomic mass is 10.1. The van der Waals surface area contributed by atoms with Crippen LogP contribution in [-0.4, -0.2) is 15.9 Å². The number of carbonyl (C=O) groups is 1. The maximum absolute atomic E-state index is 12.4. The molecule has 0 bridgehead atoms. The number of nitrogens with zero attached hydrogens (tertiary/aromatic N) is 1. The van der Waals surface area contributed by atoms with Crippen LogP contribution in [0.25, 0.3) is 11.3 Å². The molecule has 28 heavy (non-hydrogen) atoms. The highest BCUT2D eigenvalue weighted by atomic mass is 32.1. The van der Waals surface area contributed by atoms with Crippen LogP contribution in [0.5, 0.6) is 0 Å². The molecular formula is C20H17N3O4S. The van der Waals surface area contributed by atoms with Crippen LogP contribution < -0.4 is 10.6 Å². The van der Waals surface area contributed by atoms with Crippen molar-refractivity contribution in [3.63, 3.8) is 0 Å². The molecule has 1 aromatic heterocycles. The number of rotatable bonds is 5. The monoisotopic (exact) mass is 395 g/mol. The van der Waals surface area contributed by atoms with Crippen molar-refractivity contribution in [3.05, 3.63) is 82.1 Å². The summed E-state index contributed by atoms with van der Waals surface area (Å²) in [6, 6.07) is 16.8. The number of benzene rings is 2. The van der Waals surface area contributed by atoms with Crippen LogP contribution in [0.15, 0.2) is 65.1 Å². The summed E-state index contributed by atoms with van der Waals surface area (Å²) >= 11 is 5.20. The van der Waals surface area contributed by atoms with Crippen LogP contribution in [-0.2, 0) is 6.42 Å². The van der Waals surface area contributed by atoms with Gasteiger partial charge in [0.15, 0.2) is 10.9 Å². The summed E-state index contributed by atoms with van der Waals surface area (Å²) in [4.78, 5) is 23.1. The van der Waals surface area contributed by atoms with Crippen molar-refractivity contribution in [2.24, 2.45) is 0 Å². The van der Waals surface area contributed by atoms with E-state index in [0.717, 1.165) is 17.7 Å². The van der Waals surface area contributed by atoms with Crippen LogP contribution in [0.3, 0.4) is 0 Å². The molecular weight excluding hydrogens is 378 g/mol. The third kappa shape index (κ3) is 4.24. The standard InChI is InChI=1S/C20H17N3O4S/c1-2-13-7-3-5-9-15(13)21-20(28)22-19(24)18-12-11-17(27-18)14-8-4-6-10-16(14)23(25)26/h3-12H,2H2,1H3,(H2,21,22,24,28). The highest BCUT2D eigenvalue weighted by Crippen LogP contribution is 2.30. The molecule has 2 aromatic carbocycles. The highest BCUT2D eigenvalue weighted by Gasteiger charge is 2.19. The van der Waals surface area contributed by atoms with Gasteiger partial charge < -0.3 is 9.73 Å². The van der Waals surface area contributed by atoms with Gasteiger partial charge in [-0.05, 0) is 48.5 Å². The number of nitrogens with one attached hydrogen (secondary N) is 2. The molecule has 1 amide bonds. The molecule has 0 unspecified atom stereocenters. The Morgan fingerprint density at radius 2 is 1.82 bits per heavy atom. The van der Waals surface area contributed by atoms with E-state index in [0.29, 0.717) is 5.56 Å². The van der Waals surface area contributed by atoms with Gasteiger partial charge in [-0.1, -0.05) is 37.3 Å². The Labute approximate surface area is 166 Å². The fourth-order valence-electron chi connectivity index (χ4n) is 2.71. The van der Waals surface area contributed by atoms with E-state index in [9.17, 15) is 14.9 Å². The molecule has 0 aliphatic carbocycles. The predicted octanol–water partition coefficient (Wildman–Crippen LogP) is 4.54. The van der Waals surface area contributed by atoms with E-state index in [1.54, 1.807) is 18.2 Å². The first-order valence-electron chi connectivity index (χ1n) is 8.53. The average Bonchev–Trinajstić information content (AvgIpc) is 3.18. The van der Waals surface area contributed by atoms with Crippen LogP contribution in [0.4, 0.5) is 11.4 Å². The molecule has 0 saturated carbocycles. The van der Waals surface area contributed by atoms with Crippen LogP contribution in [0.1, 0.15) is 23.0 Å². The molecule has 0 atom stereocenters. The van der Waals surface area contributed by atoms with Crippen molar-refractivity contribution in [1.82, 2.24) is 5.32 Å². The molecule has 0 radical (unpaired) electrons. The van der Waals surface area contributed by atoms with Gasteiger partial charge in [0, 0.05) is 11.8 Å². The van der Waals surface area contributed by atoms with Gasteiger partial charge in [-0.3, -0.25) is 20.2 Å². The van der Waals surface area contributed by atoms with Gasteiger partial charge >= 0.3 is 0 Å². The summed E-state index contributed by atoms with van der Waals surface area (Å²) in [5.74, 6) is -0.315. The normalized spacial score (nSPS) is 10.3. The van der Waals surface area contributed by atoms with E-state index >= 15 is 0 Å². The van der Waals surface area contributed by atoms with Gasteiger partial charge in [0.1, 0.15) is 5.76 Å². The maximum Gasteiger partial charge on any atom is 0.293 e. The molecule has 0 spiro atoms. The third-order valence-corrected chi connectivity index (χ3v) is 4.27. The molecule has 0 saturated heterocycles. The minimum Gasteiger partial charge on any atom is -0.451 e. The summed E-state index contributed by atoms with van der Waals surface area (Å²) in [5.41, 5.74) is 2.08. The van der Waals surface area contributed by atoms with E-state index in [1.807, 2.05) is 31.2 Å². The number of nitro benzene ring substituents is 1. The number of thiocarbonyl (C=S) groups is 1. The Hall–Kier alpha value is -3.52. The number of carbonyl (C=O) groups excluding carboxylic acids is 1. The van der Waals surface area contributed by atoms with Gasteiger partial charge in [-0.15, -0.1) is 0 Å². The molecule has 142 valence electrons. The Bertz CT molecular complexity index is 1050. The first-order chi connectivity index (χ1) is 13.5. The minimum atomic E-state index is -0.545. The number of hydrogen-bond acceptors (Lipinski definition) is 5. The molecule has 0 aliphatic heterocycles. The van der Waals surface area contributed by atoms with Crippen LogP contribution in [0, 0.1) is 10.1 Å².